The molecule has 4 amide bonds. The third-order valence-corrected chi connectivity index (χ3v) is 10.9. The van der Waals surface area contributed by atoms with Crippen molar-refractivity contribution in [1.29, 1.82) is 0 Å². The minimum Gasteiger partial charge on any atom is -0.379 e. The van der Waals surface area contributed by atoms with E-state index in [-0.39, 0.29) is 69.5 Å². The number of hydrogen-bond donors (Lipinski definition) is 3. The zero-order valence-corrected chi connectivity index (χ0v) is 33.6. The fourth-order valence-electron chi connectivity index (χ4n) is 7.24. The standard InChI is InChI=1S/C40H48ClF2N9O5/c1-6-25(11-13-48(3)4)39(55)50-14-16-51(17-15-50)40(56)29-8-7-26(19-32(29)41)46-38(54)37-44-20-33(49(37)5)30-10-9-28(35(42)36(30)43)31-21-52(47-24(31)2)22-34(53)45-27-12-18-57-23-27/h7-10,19-21,25,27H,6,11-18,22-23H2,1-5H3,(H,45,53)(H,46,54)/p+1. The monoisotopic (exact) mass is 808 g/mol. The van der Waals surface area contributed by atoms with E-state index < -0.39 is 17.5 Å². The summed E-state index contributed by atoms with van der Waals surface area (Å²) in [6, 6.07) is 7.30. The van der Waals surface area contributed by atoms with Crippen LogP contribution in [0.5, 0.6) is 0 Å². The molecule has 2 saturated heterocycles. The lowest BCUT2D eigenvalue weighted by Gasteiger charge is -2.36. The lowest BCUT2D eigenvalue weighted by molar-refractivity contribution is -0.858. The highest BCUT2D eigenvalue weighted by atomic mass is 35.5. The molecule has 0 radical (unpaired) electrons. The topological polar surface area (TPSA) is 148 Å². The van der Waals surface area contributed by atoms with Crippen LogP contribution in [-0.4, -0.2) is 119 Å². The lowest BCUT2D eigenvalue weighted by atomic mass is 10.00. The van der Waals surface area contributed by atoms with Gasteiger partial charge in [-0.25, -0.2) is 13.8 Å². The first-order valence-corrected chi connectivity index (χ1v) is 19.5. The zero-order valence-electron chi connectivity index (χ0n) is 32.8. The Morgan fingerprint density at radius 2 is 1.72 bits per heavy atom. The molecule has 0 saturated carbocycles. The van der Waals surface area contributed by atoms with E-state index in [1.54, 1.807) is 17.9 Å². The van der Waals surface area contributed by atoms with Crippen molar-refractivity contribution in [2.75, 3.05) is 65.3 Å². The second-order valence-electron chi connectivity index (χ2n) is 14.9. The number of nitrogens with one attached hydrogen (secondary N) is 3. The molecule has 2 aromatic heterocycles. The highest BCUT2D eigenvalue weighted by Gasteiger charge is 2.30. The van der Waals surface area contributed by atoms with Crippen LogP contribution in [0.2, 0.25) is 5.02 Å². The summed E-state index contributed by atoms with van der Waals surface area (Å²) in [7, 11) is 5.64. The Morgan fingerprint density at radius 1 is 1.02 bits per heavy atom. The van der Waals surface area contributed by atoms with Gasteiger partial charge in [-0.1, -0.05) is 24.6 Å². The summed E-state index contributed by atoms with van der Waals surface area (Å²) in [5.41, 5.74) is 1.32. The Kier molecular flexibility index (Phi) is 13.0. The van der Waals surface area contributed by atoms with Crippen LogP contribution in [0.4, 0.5) is 14.5 Å². The highest BCUT2D eigenvalue weighted by Crippen LogP contribution is 2.33. The normalized spacial score (nSPS) is 16.3. The summed E-state index contributed by atoms with van der Waals surface area (Å²) in [4.78, 5) is 61.3. The van der Waals surface area contributed by atoms with Crippen LogP contribution in [0.15, 0.2) is 42.7 Å². The van der Waals surface area contributed by atoms with Crippen molar-refractivity contribution >= 4 is 40.9 Å². The van der Waals surface area contributed by atoms with Crippen LogP contribution in [0, 0.1) is 24.5 Å². The average molecular weight is 809 g/mol. The van der Waals surface area contributed by atoms with Crippen LogP contribution in [0.3, 0.4) is 0 Å². The van der Waals surface area contributed by atoms with Gasteiger partial charge in [0.2, 0.25) is 11.8 Å². The van der Waals surface area contributed by atoms with Gasteiger partial charge in [-0.15, -0.1) is 0 Å². The molecule has 2 fully saturated rings. The molecular formula is C40H49ClF2N9O5+. The van der Waals surface area contributed by atoms with Crippen molar-refractivity contribution in [3.8, 4) is 22.4 Å². The van der Waals surface area contributed by atoms with Gasteiger partial charge in [0.1, 0.15) is 6.54 Å². The molecule has 2 aliphatic rings. The number of aromatic nitrogens is 4. The van der Waals surface area contributed by atoms with Crippen LogP contribution >= 0.6 is 11.6 Å². The van der Waals surface area contributed by atoms with Crippen molar-refractivity contribution in [2.45, 2.75) is 45.7 Å². The number of nitrogens with zero attached hydrogens (tertiary/aromatic N) is 6. The third-order valence-electron chi connectivity index (χ3n) is 10.6. The molecular weight excluding hydrogens is 760 g/mol. The summed E-state index contributed by atoms with van der Waals surface area (Å²) in [6.45, 7) is 7.17. The van der Waals surface area contributed by atoms with E-state index in [1.807, 2.05) is 11.8 Å². The minimum atomic E-state index is -1.14. The summed E-state index contributed by atoms with van der Waals surface area (Å²) in [5.74, 6) is -3.41. The molecule has 0 aliphatic carbocycles. The molecule has 6 rings (SSSR count). The van der Waals surface area contributed by atoms with Crippen LogP contribution < -0.4 is 15.5 Å². The SMILES string of the molecule is CCC(CC[NH+](C)C)C(=O)N1CCN(C(=O)c2ccc(NC(=O)c3ncc(-c4ccc(-c5cn(CC(=O)NC6CCOC6)nc5C)c(F)c4F)n3C)cc2Cl)CC1. The van der Waals surface area contributed by atoms with Crippen molar-refractivity contribution in [1.82, 2.24) is 34.4 Å². The van der Waals surface area contributed by atoms with E-state index in [2.05, 4.69) is 34.8 Å². The van der Waals surface area contributed by atoms with E-state index in [9.17, 15) is 19.2 Å². The van der Waals surface area contributed by atoms with Crippen molar-refractivity contribution in [2.24, 2.45) is 13.0 Å². The number of anilines is 1. The maximum absolute atomic E-state index is 15.7. The molecule has 17 heteroatoms. The van der Waals surface area contributed by atoms with Gasteiger partial charge < -0.3 is 34.6 Å². The number of amides is 4. The van der Waals surface area contributed by atoms with E-state index in [0.29, 0.717) is 56.3 Å². The largest absolute Gasteiger partial charge is 0.379 e. The Balaban J connectivity index is 1.08. The smallest absolute Gasteiger partial charge is 0.291 e. The van der Waals surface area contributed by atoms with Gasteiger partial charge in [0.15, 0.2) is 17.5 Å². The van der Waals surface area contributed by atoms with Gasteiger partial charge >= 0.3 is 0 Å². The molecule has 2 aliphatic heterocycles. The first-order chi connectivity index (χ1) is 27.2. The third kappa shape index (κ3) is 9.35. The number of hydrogen-bond acceptors (Lipinski definition) is 7. The van der Waals surface area contributed by atoms with Crippen LogP contribution in [-0.2, 0) is 27.9 Å². The highest BCUT2D eigenvalue weighted by molar-refractivity contribution is 6.34. The number of ether oxygens (including phenoxy) is 1. The molecule has 0 spiro atoms. The van der Waals surface area contributed by atoms with Gasteiger partial charge in [-0.3, -0.25) is 23.9 Å². The number of halogens is 3. The molecule has 57 heavy (non-hydrogen) atoms. The van der Waals surface area contributed by atoms with Gasteiger partial charge in [0.25, 0.3) is 11.8 Å². The fraction of sp³-hybridized carbons (Fsp3) is 0.450. The Hall–Kier alpha value is -5.19. The fourth-order valence-corrected chi connectivity index (χ4v) is 7.50. The summed E-state index contributed by atoms with van der Waals surface area (Å²) in [6.07, 6.45) is 5.09. The van der Waals surface area contributed by atoms with Crippen LogP contribution in [0.25, 0.3) is 22.4 Å². The summed E-state index contributed by atoms with van der Waals surface area (Å²) in [5, 5.41) is 10.0. The predicted molar refractivity (Wildman–Crippen MR) is 210 cm³/mol. The van der Waals surface area contributed by atoms with Crippen LogP contribution in [0.1, 0.15) is 52.9 Å². The van der Waals surface area contributed by atoms with Crippen molar-refractivity contribution in [3.63, 3.8) is 0 Å². The molecule has 14 nitrogen and oxygen atoms in total. The minimum absolute atomic E-state index is 0.0298. The van der Waals surface area contributed by atoms with Gasteiger partial charge in [0.05, 0.1) is 61.5 Å². The van der Waals surface area contributed by atoms with E-state index in [4.69, 9.17) is 16.3 Å². The van der Waals surface area contributed by atoms with Gasteiger partial charge in [-0.2, -0.15) is 5.10 Å². The number of aryl methyl sites for hydroxylation is 1. The summed E-state index contributed by atoms with van der Waals surface area (Å²) >= 11 is 6.55. The Bertz CT molecular complexity index is 2140. The first kappa shape index (κ1) is 41.4. The number of carbonyl (C=O) groups is 4. The number of rotatable bonds is 13. The Morgan fingerprint density at radius 3 is 2.39 bits per heavy atom. The number of piperazine rings is 1. The zero-order chi connectivity index (χ0) is 41.0. The van der Waals surface area contributed by atoms with E-state index in [0.717, 1.165) is 25.8 Å². The lowest BCUT2D eigenvalue weighted by Crippen LogP contribution is -3.05. The molecule has 2 aromatic carbocycles. The molecule has 2 unspecified atom stereocenters. The van der Waals surface area contributed by atoms with E-state index in [1.165, 1.54) is 57.9 Å². The predicted octanol–water partition coefficient (Wildman–Crippen LogP) is 3.19. The Labute approximate surface area is 335 Å². The maximum atomic E-state index is 15.7. The van der Waals surface area contributed by atoms with Crippen molar-refractivity contribution in [3.05, 3.63) is 76.5 Å². The molecule has 304 valence electrons. The molecule has 3 N–H and O–H groups in total. The van der Waals surface area contributed by atoms with Crippen molar-refractivity contribution < 1.29 is 37.6 Å². The number of carbonyl (C=O) groups excluding carboxylic acids is 4. The average Bonchev–Trinajstić information content (AvgIpc) is 3.93. The second-order valence-corrected chi connectivity index (χ2v) is 15.3. The van der Waals surface area contributed by atoms with Gasteiger partial charge in [0, 0.05) is 80.7 Å². The molecule has 2 atom stereocenters. The second kappa shape index (κ2) is 17.9. The van der Waals surface area contributed by atoms with Gasteiger partial charge in [-0.05, 0) is 44.0 Å². The maximum Gasteiger partial charge on any atom is 0.291 e. The first-order valence-electron chi connectivity index (χ1n) is 19.1. The summed E-state index contributed by atoms with van der Waals surface area (Å²) < 4.78 is 39.4. The molecule has 4 aromatic rings. The molecule has 4 heterocycles. The number of imidazole rings is 1. The number of quaternary nitrogens is 1. The molecule has 0 bridgehead atoms. The van der Waals surface area contributed by atoms with E-state index >= 15 is 8.78 Å². The number of benzene rings is 2. The quantitative estimate of drug-likeness (QED) is 0.188.